The lowest BCUT2D eigenvalue weighted by Crippen LogP contribution is -2.09. The Balaban J connectivity index is 2.17. The Bertz CT molecular complexity index is 540. The Labute approximate surface area is 114 Å². The van der Waals surface area contributed by atoms with Crippen molar-refractivity contribution in [2.45, 2.75) is 26.8 Å². The molecule has 0 saturated heterocycles. The number of aryl methyl sites for hydroxylation is 1. The summed E-state index contributed by atoms with van der Waals surface area (Å²) in [5.41, 5.74) is 3.33. The zero-order valence-corrected chi connectivity index (χ0v) is 11.7. The van der Waals surface area contributed by atoms with Crippen molar-refractivity contribution >= 4 is 5.69 Å². The zero-order valence-electron chi connectivity index (χ0n) is 11.7. The van der Waals surface area contributed by atoms with E-state index in [0.29, 0.717) is 6.61 Å². The highest BCUT2D eigenvalue weighted by Crippen LogP contribution is 2.27. The minimum atomic E-state index is 0.173. The molecule has 0 saturated carbocycles. The molecule has 2 rings (SSSR count). The van der Waals surface area contributed by atoms with Crippen LogP contribution in [-0.4, -0.2) is 11.6 Å². The van der Waals surface area contributed by atoms with Gasteiger partial charge in [-0.2, -0.15) is 0 Å². The van der Waals surface area contributed by atoms with Gasteiger partial charge in [-0.15, -0.1) is 0 Å². The zero-order chi connectivity index (χ0) is 13.7. The molecule has 1 aromatic heterocycles. The number of ether oxygens (including phenoxy) is 1. The second-order valence-electron chi connectivity index (χ2n) is 4.59. The Morgan fingerprint density at radius 2 is 2.05 bits per heavy atom. The van der Waals surface area contributed by atoms with Crippen molar-refractivity contribution in [1.82, 2.24) is 4.98 Å². The van der Waals surface area contributed by atoms with E-state index >= 15 is 0 Å². The predicted octanol–water partition coefficient (Wildman–Crippen LogP) is 3.96. The molecule has 0 aliphatic carbocycles. The molecule has 0 amide bonds. The van der Waals surface area contributed by atoms with Gasteiger partial charge in [0.15, 0.2) is 0 Å². The van der Waals surface area contributed by atoms with Crippen LogP contribution in [0.1, 0.15) is 31.0 Å². The minimum absolute atomic E-state index is 0.173. The van der Waals surface area contributed by atoms with Crippen LogP contribution in [0.25, 0.3) is 0 Å². The number of aromatic nitrogens is 1. The third-order valence-electron chi connectivity index (χ3n) is 2.94. The molecule has 19 heavy (non-hydrogen) atoms. The summed E-state index contributed by atoms with van der Waals surface area (Å²) in [6.45, 7) is 6.84. The van der Waals surface area contributed by atoms with Crippen LogP contribution < -0.4 is 10.1 Å². The molecule has 1 N–H and O–H groups in total. The van der Waals surface area contributed by atoms with Crippen LogP contribution in [0, 0.1) is 6.92 Å². The maximum atomic E-state index is 5.66. The van der Waals surface area contributed by atoms with Gasteiger partial charge in [-0.3, -0.25) is 4.98 Å². The van der Waals surface area contributed by atoms with E-state index in [1.165, 1.54) is 0 Å². The summed E-state index contributed by atoms with van der Waals surface area (Å²) >= 11 is 0. The largest absolute Gasteiger partial charge is 0.494 e. The Kier molecular flexibility index (Phi) is 4.39. The molecule has 3 nitrogen and oxygen atoms in total. The molecule has 0 spiro atoms. The molecule has 0 aliphatic rings. The SMILES string of the molecule is CCOc1ccccc1C(C)Nc1cncc(C)c1. The van der Waals surface area contributed by atoms with E-state index in [4.69, 9.17) is 4.74 Å². The molecule has 1 atom stereocenters. The fourth-order valence-electron chi connectivity index (χ4n) is 2.09. The van der Waals surface area contributed by atoms with Crippen LogP contribution in [0.2, 0.25) is 0 Å². The van der Waals surface area contributed by atoms with E-state index in [1.807, 2.05) is 44.4 Å². The number of pyridine rings is 1. The van der Waals surface area contributed by atoms with Crippen LogP contribution in [-0.2, 0) is 0 Å². The van der Waals surface area contributed by atoms with E-state index in [0.717, 1.165) is 22.6 Å². The van der Waals surface area contributed by atoms with Gasteiger partial charge in [0.1, 0.15) is 5.75 Å². The third-order valence-corrected chi connectivity index (χ3v) is 2.94. The Hall–Kier alpha value is -2.03. The lowest BCUT2D eigenvalue weighted by molar-refractivity contribution is 0.335. The topological polar surface area (TPSA) is 34.1 Å². The smallest absolute Gasteiger partial charge is 0.124 e. The van der Waals surface area contributed by atoms with Crippen molar-refractivity contribution in [3.05, 3.63) is 53.9 Å². The number of nitrogens with one attached hydrogen (secondary N) is 1. The molecule has 2 aromatic rings. The number of hydrogen-bond donors (Lipinski definition) is 1. The molecule has 1 heterocycles. The van der Waals surface area contributed by atoms with Crippen molar-refractivity contribution in [2.24, 2.45) is 0 Å². The van der Waals surface area contributed by atoms with Crippen LogP contribution in [0.4, 0.5) is 5.69 Å². The first-order valence-corrected chi connectivity index (χ1v) is 6.60. The van der Waals surface area contributed by atoms with E-state index in [2.05, 4.69) is 29.4 Å². The monoisotopic (exact) mass is 256 g/mol. The molecule has 0 radical (unpaired) electrons. The molecule has 0 aliphatic heterocycles. The average molecular weight is 256 g/mol. The van der Waals surface area contributed by atoms with Gasteiger partial charge in [0.25, 0.3) is 0 Å². The second-order valence-corrected chi connectivity index (χ2v) is 4.59. The molecule has 3 heteroatoms. The summed E-state index contributed by atoms with van der Waals surface area (Å²) < 4.78 is 5.66. The van der Waals surface area contributed by atoms with E-state index in [9.17, 15) is 0 Å². The van der Waals surface area contributed by atoms with Crippen LogP contribution in [0.5, 0.6) is 5.75 Å². The molecule has 0 fully saturated rings. The van der Waals surface area contributed by atoms with E-state index in [1.54, 1.807) is 0 Å². The van der Waals surface area contributed by atoms with Gasteiger partial charge in [-0.05, 0) is 38.5 Å². The fraction of sp³-hybridized carbons (Fsp3) is 0.312. The van der Waals surface area contributed by atoms with Gasteiger partial charge >= 0.3 is 0 Å². The van der Waals surface area contributed by atoms with E-state index < -0.39 is 0 Å². The highest BCUT2D eigenvalue weighted by Gasteiger charge is 2.11. The second kappa shape index (κ2) is 6.23. The lowest BCUT2D eigenvalue weighted by Gasteiger charge is -2.19. The highest BCUT2D eigenvalue weighted by atomic mass is 16.5. The van der Waals surface area contributed by atoms with Crippen molar-refractivity contribution in [2.75, 3.05) is 11.9 Å². The minimum Gasteiger partial charge on any atom is -0.494 e. The number of benzene rings is 1. The summed E-state index contributed by atoms with van der Waals surface area (Å²) in [5.74, 6) is 0.936. The van der Waals surface area contributed by atoms with Crippen LogP contribution in [0.3, 0.4) is 0 Å². The number of para-hydroxylation sites is 1. The molecule has 1 aromatic carbocycles. The van der Waals surface area contributed by atoms with Crippen LogP contribution in [0.15, 0.2) is 42.7 Å². The van der Waals surface area contributed by atoms with Crippen molar-refractivity contribution in [3.63, 3.8) is 0 Å². The van der Waals surface area contributed by atoms with Crippen molar-refractivity contribution in [3.8, 4) is 5.75 Å². The van der Waals surface area contributed by atoms with Gasteiger partial charge in [0.05, 0.1) is 18.3 Å². The van der Waals surface area contributed by atoms with Crippen LogP contribution >= 0.6 is 0 Å². The van der Waals surface area contributed by atoms with Gasteiger partial charge in [-0.1, -0.05) is 18.2 Å². The van der Waals surface area contributed by atoms with Crippen molar-refractivity contribution in [1.29, 1.82) is 0 Å². The Morgan fingerprint density at radius 1 is 1.26 bits per heavy atom. The maximum Gasteiger partial charge on any atom is 0.124 e. The number of rotatable bonds is 5. The number of hydrogen-bond acceptors (Lipinski definition) is 3. The molecular formula is C16H20N2O. The molecule has 1 unspecified atom stereocenters. The third kappa shape index (κ3) is 3.47. The van der Waals surface area contributed by atoms with Crippen molar-refractivity contribution < 1.29 is 4.74 Å². The average Bonchev–Trinajstić information content (AvgIpc) is 2.39. The normalized spacial score (nSPS) is 11.9. The molecule has 100 valence electrons. The predicted molar refractivity (Wildman–Crippen MR) is 78.6 cm³/mol. The summed E-state index contributed by atoms with van der Waals surface area (Å²) in [7, 11) is 0. The summed E-state index contributed by atoms with van der Waals surface area (Å²) in [6, 6.07) is 10.4. The Morgan fingerprint density at radius 3 is 2.79 bits per heavy atom. The van der Waals surface area contributed by atoms with Gasteiger partial charge in [0.2, 0.25) is 0 Å². The summed E-state index contributed by atoms with van der Waals surface area (Å²) in [4.78, 5) is 4.20. The lowest BCUT2D eigenvalue weighted by atomic mass is 10.1. The van der Waals surface area contributed by atoms with Gasteiger partial charge < -0.3 is 10.1 Å². The standard InChI is InChI=1S/C16H20N2O/c1-4-19-16-8-6-5-7-15(16)13(3)18-14-9-12(2)10-17-11-14/h5-11,13,18H,4H2,1-3H3. The number of nitrogens with zero attached hydrogens (tertiary/aromatic N) is 1. The first kappa shape index (κ1) is 13.4. The van der Waals surface area contributed by atoms with E-state index in [-0.39, 0.29) is 6.04 Å². The van der Waals surface area contributed by atoms with Gasteiger partial charge in [0, 0.05) is 18.0 Å². The maximum absolute atomic E-state index is 5.66. The number of anilines is 1. The highest BCUT2D eigenvalue weighted by molar-refractivity contribution is 5.47. The molecular weight excluding hydrogens is 236 g/mol. The quantitative estimate of drug-likeness (QED) is 0.879. The fourth-order valence-corrected chi connectivity index (χ4v) is 2.09. The summed E-state index contributed by atoms with van der Waals surface area (Å²) in [6.07, 6.45) is 3.69. The summed E-state index contributed by atoms with van der Waals surface area (Å²) in [5, 5.41) is 3.46. The first-order valence-electron chi connectivity index (χ1n) is 6.60. The van der Waals surface area contributed by atoms with Gasteiger partial charge in [-0.25, -0.2) is 0 Å². The first-order chi connectivity index (χ1) is 9.20. The molecule has 0 bridgehead atoms.